The summed E-state index contributed by atoms with van der Waals surface area (Å²) in [4.78, 5) is 13.3. The molecule has 1 aromatic carbocycles. The van der Waals surface area contributed by atoms with Gasteiger partial charge in [-0.1, -0.05) is 30.7 Å². The van der Waals surface area contributed by atoms with E-state index < -0.39 is 0 Å². The number of carbonyl (C=O) groups excluding carboxylic acids is 1. The zero-order valence-electron chi connectivity index (χ0n) is 11.1. The van der Waals surface area contributed by atoms with Crippen molar-refractivity contribution in [3.63, 3.8) is 0 Å². The quantitative estimate of drug-likeness (QED) is 0.884. The first kappa shape index (κ1) is 13.1. The maximum atomic E-state index is 10.8. The van der Waals surface area contributed by atoms with Crippen LogP contribution in [0.15, 0.2) is 24.3 Å². The van der Waals surface area contributed by atoms with Gasteiger partial charge in [-0.05, 0) is 37.1 Å². The lowest BCUT2D eigenvalue weighted by atomic mass is 10.1. The van der Waals surface area contributed by atoms with Crippen molar-refractivity contribution in [3.05, 3.63) is 35.4 Å². The van der Waals surface area contributed by atoms with E-state index in [1.807, 2.05) is 0 Å². The summed E-state index contributed by atoms with van der Waals surface area (Å²) in [6.45, 7) is 5.69. The molecular formula is C15H22N2O. The molecule has 1 fully saturated rings. The zero-order chi connectivity index (χ0) is 12.8. The van der Waals surface area contributed by atoms with Gasteiger partial charge in [0, 0.05) is 20.0 Å². The third-order valence-corrected chi connectivity index (χ3v) is 3.42. The fourth-order valence-corrected chi connectivity index (χ4v) is 2.36. The van der Waals surface area contributed by atoms with E-state index in [0.717, 1.165) is 12.1 Å². The van der Waals surface area contributed by atoms with Gasteiger partial charge in [-0.25, -0.2) is 0 Å². The SMILES string of the molecule is CC(=O)NCc1ccc(CN2CCCCC2)cc1. The molecule has 1 heterocycles. The van der Waals surface area contributed by atoms with Crippen molar-refractivity contribution in [2.45, 2.75) is 39.3 Å². The minimum Gasteiger partial charge on any atom is -0.352 e. The van der Waals surface area contributed by atoms with E-state index in [0.29, 0.717) is 6.54 Å². The van der Waals surface area contributed by atoms with Crippen LogP contribution in [-0.4, -0.2) is 23.9 Å². The molecule has 98 valence electrons. The van der Waals surface area contributed by atoms with Gasteiger partial charge >= 0.3 is 0 Å². The van der Waals surface area contributed by atoms with Gasteiger partial charge in [0.2, 0.25) is 5.91 Å². The lowest BCUT2D eigenvalue weighted by Gasteiger charge is -2.26. The molecule has 3 nitrogen and oxygen atoms in total. The number of amides is 1. The zero-order valence-corrected chi connectivity index (χ0v) is 11.1. The van der Waals surface area contributed by atoms with Crippen LogP contribution in [0.4, 0.5) is 0 Å². The van der Waals surface area contributed by atoms with E-state index in [1.165, 1.54) is 37.9 Å². The number of piperidine rings is 1. The maximum Gasteiger partial charge on any atom is 0.217 e. The van der Waals surface area contributed by atoms with E-state index in [1.54, 1.807) is 6.92 Å². The van der Waals surface area contributed by atoms with Gasteiger partial charge in [-0.3, -0.25) is 9.69 Å². The Kier molecular flexibility index (Phi) is 4.76. The number of rotatable bonds is 4. The Morgan fingerprint density at radius 1 is 1.11 bits per heavy atom. The molecule has 1 N–H and O–H groups in total. The Hall–Kier alpha value is -1.35. The van der Waals surface area contributed by atoms with Crippen LogP contribution in [0.5, 0.6) is 0 Å². The summed E-state index contributed by atoms with van der Waals surface area (Å²) in [7, 11) is 0. The van der Waals surface area contributed by atoms with Crippen LogP contribution in [0, 0.1) is 0 Å². The van der Waals surface area contributed by atoms with Gasteiger partial charge in [0.1, 0.15) is 0 Å². The van der Waals surface area contributed by atoms with Crippen LogP contribution < -0.4 is 5.32 Å². The van der Waals surface area contributed by atoms with Crippen LogP contribution in [0.3, 0.4) is 0 Å². The Morgan fingerprint density at radius 3 is 2.33 bits per heavy atom. The van der Waals surface area contributed by atoms with E-state index >= 15 is 0 Å². The summed E-state index contributed by atoms with van der Waals surface area (Å²) in [5.74, 6) is 0.0207. The molecule has 18 heavy (non-hydrogen) atoms. The average molecular weight is 246 g/mol. The van der Waals surface area contributed by atoms with E-state index in [2.05, 4.69) is 34.5 Å². The van der Waals surface area contributed by atoms with Crippen LogP contribution in [-0.2, 0) is 17.9 Å². The van der Waals surface area contributed by atoms with Crippen molar-refractivity contribution in [1.29, 1.82) is 0 Å². The normalized spacial score (nSPS) is 16.5. The maximum absolute atomic E-state index is 10.8. The summed E-state index contributed by atoms with van der Waals surface area (Å²) in [6, 6.07) is 8.56. The highest BCUT2D eigenvalue weighted by Crippen LogP contribution is 2.13. The standard InChI is InChI=1S/C15H22N2O/c1-13(18)16-11-14-5-7-15(8-6-14)12-17-9-3-2-4-10-17/h5-8H,2-4,9-12H2,1H3,(H,16,18). The van der Waals surface area contributed by atoms with E-state index in [4.69, 9.17) is 0 Å². The molecule has 0 aliphatic carbocycles. The van der Waals surface area contributed by atoms with Crippen LogP contribution >= 0.6 is 0 Å². The largest absolute Gasteiger partial charge is 0.352 e. The highest BCUT2D eigenvalue weighted by Gasteiger charge is 2.09. The molecule has 1 saturated heterocycles. The first-order valence-electron chi connectivity index (χ1n) is 6.78. The van der Waals surface area contributed by atoms with Gasteiger partial charge in [0.15, 0.2) is 0 Å². The number of hydrogen-bond donors (Lipinski definition) is 1. The molecule has 1 aromatic rings. The molecule has 1 aliphatic heterocycles. The molecule has 1 aliphatic rings. The van der Waals surface area contributed by atoms with E-state index in [-0.39, 0.29) is 5.91 Å². The van der Waals surface area contributed by atoms with Crippen molar-refractivity contribution >= 4 is 5.91 Å². The highest BCUT2D eigenvalue weighted by molar-refractivity contribution is 5.72. The number of nitrogens with zero attached hydrogens (tertiary/aromatic N) is 1. The average Bonchev–Trinajstić information content (AvgIpc) is 2.39. The lowest BCUT2D eigenvalue weighted by Crippen LogP contribution is -2.29. The van der Waals surface area contributed by atoms with Crippen molar-refractivity contribution in [2.24, 2.45) is 0 Å². The van der Waals surface area contributed by atoms with Gasteiger partial charge in [-0.15, -0.1) is 0 Å². The fourth-order valence-electron chi connectivity index (χ4n) is 2.36. The highest BCUT2D eigenvalue weighted by atomic mass is 16.1. The van der Waals surface area contributed by atoms with Gasteiger partial charge < -0.3 is 5.32 Å². The predicted molar refractivity (Wildman–Crippen MR) is 73.1 cm³/mol. The summed E-state index contributed by atoms with van der Waals surface area (Å²) in [5, 5.41) is 2.81. The second-order valence-electron chi connectivity index (χ2n) is 5.06. The summed E-state index contributed by atoms with van der Waals surface area (Å²) in [6.07, 6.45) is 4.05. The third kappa shape index (κ3) is 4.15. The Labute approximate surface area is 109 Å². The second kappa shape index (κ2) is 6.55. The molecule has 0 aromatic heterocycles. The van der Waals surface area contributed by atoms with Crippen molar-refractivity contribution in [3.8, 4) is 0 Å². The minimum atomic E-state index is 0.0207. The van der Waals surface area contributed by atoms with Crippen molar-refractivity contribution in [1.82, 2.24) is 10.2 Å². The predicted octanol–water partition coefficient (Wildman–Crippen LogP) is 2.31. The molecule has 0 atom stereocenters. The number of benzene rings is 1. The molecular weight excluding hydrogens is 224 g/mol. The van der Waals surface area contributed by atoms with Crippen LogP contribution in [0.25, 0.3) is 0 Å². The first-order valence-corrected chi connectivity index (χ1v) is 6.78. The number of likely N-dealkylation sites (tertiary alicyclic amines) is 1. The van der Waals surface area contributed by atoms with Crippen LogP contribution in [0.1, 0.15) is 37.3 Å². The monoisotopic (exact) mass is 246 g/mol. The number of hydrogen-bond acceptors (Lipinski definition) is 2. The van der Waals surface area contributed by atoms with Gasteiger partial charge in [0.05, 0.1) is 0 Å². The minimum absolute atomic E-state index is 0.0207. The topological polar surface area (TPSA) is 32.3 Å². The first-order chi connectivity index (χ1) is 8.74. The smallest absolute Gasteiger partial charge is 0.217 e. The molecule has 0 spiro atoms. The fraction of sp³-hybridized carbons (Fsp3) is 0.533. The number of nitrogens with one attached hydrogen (secondary N) is 1. The van der Waals surface area contributed by atoms with E-state index in [9.17, 15) is 4.79 Å². The molecule has 3 heteroatoms. The van der Waals surface area contributed by atoms with Gasteiger partial charge in [0.25, 0.3) is 0 Å². The molecule has 0 radical (unpaired) electrons. The third-order valence-electron chi connectivity index (χ3n) is 3.42. The number of carbonyl (C=O) groups is 1. The van der Waals surface area contributed by atoms with Crippen LogP contribution in [0.2, 0.25) is 0 Å². The Bertz CT molecular complexity index is 380. The molecule has 0 unspecified atom stereocenters. The Balaban J connectivity index is 1.84. The molecule has 0 saturated carbocycles. The second-order valence-corrected chi connectivity index (χ2v) is 5.06. The molecule has 2 rings (SSSR count). The lowest BCUT2D eigenvalue weighted by molar-refractivity contribution is -0.119. The molecule has 1 amide bonds. The van der Waals surface area contributed by atoms with Crippen molar-refractivity contribution in [2.75, 3.05) is 13.1 Å². The summed E-state index contributed by atoms with van der Waals surface area (Å²) in [5.41, 5.74) is 2.52. The van der Waals surface area contributed by atoms with Crippen molar-refractivity contribution < 1.29 is 4.79 Å². The summed E-state index contributed by atoms with van der Waals surface area (Å²) >= 11 is 0. The summed E-state index contributed by atoms with van der Waals surface area (Å²) < 4.78 is 0. The van der Waals surface area contributed by atoms with Gasteiger partial charge in [-0.2, -0.15) is 0 Å². The molecule has 0 bridgehead atoms. The Morgan fingerprint density at radius 2 is 1.72 bits per heavy atom.